The molecule has 2 rings (SSSR count). The Morgan fingerprint density at radius 2 is 2.31 bits per heavy atom. The smallest absolute Gasteiger partial charge is 0.290 e. The van der Waals surface area contributed by atoms with Crippen molar-refractivity contribution in [3.05, 3.63) is 27.9 Å². The molecular formula is C10H11N3O3. The van der Waals surface area contributed by atoms with Crippen LogP contribution in [0.1, 0.15) is 18.4 Å². The van der Waals surface area contributed by atoms with Crippen molar-refractivity contribution >= 4 is 17.4 Å². The number of pyridine rings is 1. The molecule has 1 saturated heterocycles. The van der Waals surface area contributed by atoms with Gasteiger partial charge in [0.15, 0.2) is 0 Å². The molecule has 1 aromatic rings. The number of carbonyl (C=O) groups is 1. The molecule has 2 heterocycles. The highest BCUT2D eigenvalue weighted by molar-refractivity contribution is 5.94. The molecule has 0 aromatic carbocycles. The molecule has 6 nitrogen and oxygen atoms in total. The fourth-order valence-electron chi connectivity index (χ4n) is 1.76. The Kier molecular flexibility index (Phi) is 2.55. The third-order valence-electron chi connectivity index (χ3n) is 2.62. The van der Waals surface area contributed by atoms with Crippen LogP contribution in [0.25, 0.3) is 0 Å². The zero-order valence-electron chi connectivity index (χ0n) is 8.84. The largest absolute Gasteiger partial charge is 0.297 e. The van der Waals surface area contributed by atoms with Crippen LogP contribution in [0.4, 0.5) is 11.5 Å². The highest BCUT2D eigenvalue weighted by Crippen LogP contribution is 2.24. The molecule has 84 valence electrons. The molecule has 0 atom stereocenters. The van der Waals surface area contributed by atoms with Gasteiger partial charge in [-0.25, -0.2) is 4.98 Å². The third-order valence-corrected chi connectivity index (χ3v) is 2.62. The summed E-state index contributed by atoms with van der Waals surface area (Å²) in [5.74, 6) is 0.534. The van der Waals surface area contributed by atoms with Crippen molar-refractivity contribution in [2.75, 3.05) is 11.4 Å². The van der Waals surface area contributed by atoms with Crippen LogP contribution in [0.3, 0.4) is 0 Å². The van der Waals surface area contributed by atoms with E-state index in [1.165, 1.54) is 6.20 Å². The molecule has 0 unspecified atom stereocenters. The van der Waals surface area contributed by atoms with Gasteiger partial charge in [0.2, 0.25) is 5.91 Å². The Morgan fingerprint density at radius 1 is 1.56 bits per heavy atom. The zero-order chi connectivity index (χ0) is 11.7. The van der Waals surface area contributed by atoms with Crippen LogP contribution >= 0.6 is 0 Å². The van der Waals surface area contributed by atoms with Crippen LogP contribution in [-0.4, -0.2) is 22.4 Å². The number of hydrogen-bond donors (Lipinski definition) is 0. The number of aryl methyl sites for hydroxylation is 1. The summed E-state index contributed by atoms with van der Waals surface area (Å²) in [4.78, 5) is 27.1. The van der Waals surface area contributed by atoms with Crippen LogP contribution in [0.2, 0.25) is 0 Å². The summed E-state index contributed by atoms with van der Waals surface area (Å²) in [5.41, 5.74) is 0.505. The van der Waals surface area contributed by atoms with Crippen LogP contribution in [0.5, 0.6) is 0 Å². The maximum absolute atomic E-state index is 11.5. The lowest BCUT2D eigenvalue weighted by molar-refractivity contribution is -0.385. The Bertz CT molecular complexity index is 459. The Labute approximate surface area is 92.0 Å². The van der Waals surface area contributed by atoms with Gasteiger partial charge in [0.1, 0.15) is 12.0 Å². The summed E-state index contributed by atoms with van der Waals surface area (Å²) >= 11 is 0. The molecule has 0 aliphatic carbocycles. The van der Waals surface area contributed by atoms with Gasteiger partial charge < -0.3 is 0 Å². The van der Waals surface area contributed by atoms with Gasteiger partial charge in [-0.05, 0) is 19.4 Å². The molecular weight excluding hydrogens is 210 g/mol. The van der Waals surface area contributed by atoms with Gasteiger partial charge in [-0.15, -0.1) is 0 Å². The first-order chi connectivity index (χ1) is 7.59. The first kappa shape index (κ1) is 10.5. The number of aromatic nitrogens is 1. The van der Waals surface area contributed by atoms with E-state index < -0.39 is 4.92 Å². The molecule has 1 aliphatic rings. The lowest BCUT2D eigenvalue weighted by atomic mass is 10.2. The quantitative estimate of drug-likeness (QED) is 0.559. The van der Waals surface area contributed by atoms with E-state index in [4.69, 9.17) is 0 Å². The summed E-state index contributed by atoms with van der Waals surface area (Å²) < 4.78 is 0. The van der Waals surface area contributed by atoms with Crippen LogP contribution in [0.15, 0.2) is 12.3 Å². The van der Waals surface area contributed by atoms with E-state index >= 15 is 0 Å². The van der Waals surface area contributed by atoms with Crippen molar-refractivity contribution in [2.24, 2.45) is 0 Å². The first-order valence-electron chi connectivity index (χ1n) is 5.01. The van der Waals surface area contributed by atoms with Crippen LogP contribution in [-0.2, 0) is 4.79 Å². The molecule has 0 bridgehead atoms. The van der Waals surface area contributed by atoms with E-state index in [1.807, 2.05) is 0 Å². The SMILES string of the molecule is Cc1cc(N2CCCC2=O)ncc1[N+](=O)[O-]. The van der Waals surface area contributed by atoms with E-state index in [1.54, 1.807) is 17.9 Å². The molecule has 16 heavy (non-hydrogen) atoms. The fourth-order valence-corrected chi connectivity index (χ4v) is 1.76. The summed E-state index contributed by atoms with van der Waals surface area (Å²) in [6, 6.07) is 1.58. The summed E-state index contributed by atoms with van der Waals surface area (Å²) in [5, 5.41) is 10.6. The molecule has 6 heteroatoms. The highest BCUT2D eigenvalue weighted by atomic mass is 16.6. The summed E-state index contributed by atoms with van der Waals surface area (Å²) in [7, 11) is 0. The Morgan fingerprint density at radius 3 is 2.81 bits per heavy atom. The number of carbonyl (C=O) groups excluding carboxylic acids is 1. The number of nitrogens with zero attached hydrogens (tertiary/aromatic N) is 3. The van der Waals surface area contributed by atoms with E-state index in [2.05, 4.69) is 4.98 Å². The van der Waals surface area contributed by atoms with Gasteiger partial charge in [0.05, 0.1) is 4.92 Å². The molecule has 1 amide bonds. The van der Waals surface area contributed by atoms with Crippen molar-refractivity contribution in [2.45, 2.75) is 19.8 Å². The topological polar surface area (TPSA) is 76.3 Å². The summed E-state index contributed by atoms with van der Waals surface area (Å²) in [6.07, 6.45) is 2.55. The van der Waals surface area contributed by atoms with Gasteiger partial charge in [-0.1, -0.05) is 0 Å². The van der Waals surface area contributed by atoms with Crippen LogP contribution < -0.4 is 4.90 Å². The monoisotopic (exact) mass is 221 g/mol. The number of nitro groups is 1. The minimum Gasteiger partial charge on any atom is -0.297 e. The molecule has 1 fully saturated rings. The van der Waals surface area contributed by atoms with Crippen molar-refractivity contribution in [1.82, 2.24) is 4.98 Å². The number of hydrogen-bond acceptors (Lipinski definition) is 4. The third kappa shape index (κ3) is 1.73. The standard InChI is InChI=1S/C10H11N3O3/c1-7-5-9(11-6-8(7)13(15)16)12-4-2-3-10(12)14/h5-6H,2-4H2,1H3. The fraction of sp³-hybridized carbons (Fsp3) is 0.400. The average Bonchev–Trinajstić information content (AvgIpc) is 2.63. The van der Waals surface area contributed by atoms with Crippen molar-refractivity contribution in [3.63, 3.8) is 0 Å². The van der Waals surface area contributed by atoms with Crippen molar-refractivity contribution in [3.8, 4) is 0 Å². The minimum absolute atomic E-state index is 0.0182. The molecule has 0 radical (unpaired) electrons. The molecule has 0 N–H and O–H groups in total. The van der Waals surface area contributed by atoms with Gasteiger partial charge in [-0.3, -0.25) is 19.8 Å². The van der Waals surface area contributed by atoms with E-state index in [9.17, 15) is 14.9 Å². The number of amides is 1. The molecule has 0 spiro atoms. The van der Waals surface area contributed by atoms with Gasteiger partial charge in [0, 0.05) is 18.5 Å². The van der Waals surface area contributed by atoms with Gasteiger partial charge >= 0.3 is 0 Å². The van der Waals surface area contributed by atoms with Crippen molar-refractivity contribution in [1.29, 1.82) is 0 Å². The lowest BCUT2D eigenvalue weighted by Gasteiger charge is -2.14. The highest BCUT2D eigenvalue weighted by Gasteiger charge is 2.24. The predicted octanol–water partition coefficient (Wildman–Crippen LogP) is 1.43. The Balaban J connectivity index is 2.34. The molecule has 1 aliphatic heterocycles. The maximum Gasteiger partial charge on any atom is 0.290 e. The zero-order valence-corrected chi connectivity index (χ0v) is 8.84. The van der Waals surface area contributed by atoms with E-state index in [0.29, 0.717) is 24.3 Å². The second-order valence-electron chi connectivity index (χ2n) is 3.74. The lowest BCUT2D eigenvalue weighted by Crippen LogP contribution is -2.24. The molecule has 0 saturated carbocycles. The normalized spacial score (nSPS) is 15.6. The van der Waals surface area contributed by atoms with E-state index in [-0.39, 0.29) is 11.6 Å². The van der Waals surface area contributed by atoms with E-state index in [0.717, 1.165) is 6.42 Å². The maximum atomic E-state index is 11.5. The predicted molar refractivity (Wildman–Crippen MR) is 57.2 cm³/mol. The second-order valence-corrected chi connectivity index (χ2v) is 3.74. The number of rotatable bonds is 2. The Hall–Kier alpha value is -1.98. The summed E-state index contributed by atoms with van der Waals surface area (Å²) in [6.45, 7) is 2.28. The minimum atomic E-state index is -0.474. The second kappa shape index (κ2) is 3.88. The number of anilines is 1. The van der Waals surface area contributed by atoms with Crippen LogP contribution in [0, 0.1) is 17.0 Å². The average molecular weight is 221 g/mol. The van der Waals surface area contributed by atoms with Gasteiger partial charge in [0.25, 0.3) is 5.69 Å². The first-order valence-corrected chi connectivity index (χ1v) is 5.01. The molecule has 1 aromatic heterocycles. The van der Waals surface area contributed by atoms with Crippen molar-refractivity contribution < 1.29 is 9.72 Å². The van der Waals surface area contributed by atoms with Gasteiger partial charge in [-0.2, -0.15) is 0 Å².